The Morgan fingerprint density at radius 2 is 1.52 bits per heavy atom. The fraction of sp³-hybridized carbons (Fsp3) is 0.385. The van der Waals surface area contributed by atoms with Gasteiger partial charge in [-0.1, -0.05) is 66.7 Å². The number of hydroxylamine groups is 2. The molecule has 5 heteroatoms. The summed E-state index contributed by atoms with van der Waals surface area (Å²) in [4.78, 5) is 32.1. The highest BCUT2D eigenvalue weighted by Crippen LogP contribution is 2.26. The number of hydrogen-bond donors (Lipinski definition) is 1. The standard InChI is InChI=1S/C26H34N2O3/c1-6-7-18-26(5,24(30)27-25(2,3)4)28(20-22-16-12-9-13-17-22)31-23(29)19-21-14-10-8-11-15-21/h6,8-17H,1,7,18-20H2,2-5H3,(H,27,30). The minimum absolute atomic E-state index is 0.130. The topological polar surface area (TPSA) is 58.6 Å². The zero-order valence-electron chi connectivity index (χ0n) is 19.1. The number of benzene rings is 2. The van der Waals surface area contributed by atoms with Crippen molar-refractivity contribution >= 4 is 11.9 Å². The van der Waals surface area contributed by atoms with E-state index in [1.54, 1.807) is 6.08 Å². The fourth-order valence-electron chi connectivity index (χ4n) is 3.18. The van der Waals surface area contributed by atoms with Crippen LogP contribution in [0.25, 0.3) is 0 Å². The summed E-state index contributed by atoms with van der Waals surface area (Å²) in [7, 11) is 0. The van der Waals surface area contributed by atoms with Gasteiger partial charge in [-0.3, -0.25) is 4.79 Å². The molecule has 0 spiro atoms. The molecule has 2 aromatic carbocycles. The van der Waals surface area contributed by atoms with Crippen LogP contribution in [0.5, 0.6) is 0 Å². The molecule has 1 atom stereocenters. The van der Waals surface area contributed by atoms with Gasteiger partial charge in [-0.2, -0.15) is 0 Å². The number of allylic oxidation sites excluding steroid dienone is 1. The first-order valence-electron chi connectivity index (χ1n) is 10.6. The van der Waals surface area contributed by atoms with Crippen molar-refractivity contribution in [3.8, 4) is 0 Å². The molecule has 31 heavy (non-hydrogen) atoms. The van der Waals surface area contributed by atoms with Gasteiger partial charge in [0.25, 0.3) is 0 Å². The molecule has 0 saturated carbocycles. The first kappa shape index (κ1) is 24.4. The molecule has 166 valence electrons. The molecule has 2 rings (SSSR count). The number of rotatable bonds is 10. The third-order valence-electron chi connectivity index (χ3n) is 4.94. The van der Waals surface area contributed by atoms with Crippen LogP contribution in [0.3, 0.4) is 0 Å². The van der Waals surface area contributed by atoms with Crippen molar-refractivity contribution in [3.05, 3.63) is 84.4 Å². The summed E-state index contributed by atoms with van der Waals surface area (Å²) in [5.41, 5.74) is 0.324. The molecule has 1 unspecified atom stereocenters. The van der Waals surface area contributed by atoms with E-state index in [9.17, 15) is 9.59 Å². The fourth-order valence-corrected chi connectivity index (χ4v) is 3.18. The molecule has 0 fully saturated rings. The Kier molecular flexibility index (Phi) is 8.57. The predicted octanol–water partition coefficient (Wildman–Crippen LogP) is 4.83. The Bertz CT molecular complexity index is 859. The van der Waals surface area contributed by atoms with Crippen molar-refractivity contribution < 1.29 is 14.4 Å². The van der Waals surface area contributed by atoms with Gasteiger partial charge in [0.2, 0.25) is 5.91 Å². The largest absolute Gasteiger partial charge is 0.366 e. The summed E-state index contributed by atoms with van der Waals surface area (Å²) in [5, 5.41) is 4.58. The molecule has 0 aromatic heterocycles. The molecule has 0 aliphatic heterocycles. The van der Waals surface area contributed by atoms with Gasteiger partial charge in [0, 0.05) is 5.54 Å². The van der Waals surface area contributed by atoms with Crippen LogP contribution in [-0.4, -0.2) is 28.0 Å². The number of nitrogens with one attached hydrogen (secondary N) is 1. The van der Waals surface area contributed by atoms with Gasteiger partial charge in [0.1, 0.15) is 5.54 Å². The SMILES string of the molecule is C=CCCC(C)(C(=O)NC(C)(C)C)N(Cc1ccccc1)OC(=O)Cc1ccccc1. The molecule has 0 aliphatic rings. The van der Waals surface area contributed by atoms with Crippen molar-refractivity contribution in [2.24, 2.45) is 0 Å². The summed E-state index contributed by atoms with van der Waals surface area (Å²) in [6, 6.07) is 19.1. The monoisotopic (exact) mass is 422 g/mol. The zero-order valence-corrected chi connectivity index (χ0v) is 19.1. The van der Waals surface area contributed by atoms with Crippen LogP contribution in [-0.2, 0) is 27.4 Å². The lowest BCUT2D eigenvalue weighted by atomic mass is 9.92. The maximum absolute atomic E-state index is 13.4. The van der Waals surface area contributed by atoms with E-state index in [1.807, 2.05) is 88.4 Å². The molecule has 5 nitrogen and oxygen atoms in total. The Hall–Kier alpha value is -2.92. The average molecular weight is 423 g/mol. The Labute approximate surface area is 186 Å². The van der Waals surface area contributed by atoms with E-state index in [1.165, 1.54) is 5.06 Å². The highest BCUT2D eigenvalue weighted by molar-refractivity contribution is 5.86. The Morgan fingerprint density at radius 3 is 2.03 bits per heavy atom. The van der Waals surface area contributed by atoms with E-state index in [-0.39, 0.29) is 12.3 Å². The minimum Gasteiger partial charge on any atom is -0.366 e. The maximum atomic E-state index is 13.4. The van der Waals surface area contributed by atoms with Gasteiger partial charge in [-0.05, 0) is 51.7 Å². The first-order chi connectivity index (χ1) is 14.6. The van der Waals surface area contributed by atoms with Crippen LogP contribution in [0.4, 0.5) is 0 Å². The third kappa shape index (κ3) is 7.68. The second-order valence-corrected chi connectivity index (χ2v) is 8.95. The van der Waals surface area contributed by atoms with Crippen LogP contribution >= 0.6 is 0 Å². The number of carbonyl (C=O) groups is 2. The smallest absolute Gasteiger partial charge is 0.329 e. The van der Waals surface area contributed by atoms with Gasteiger partial charge in [0.05, 0.1) is 13.0 Å². The van der Waals surface area contributed by atoms with Crippen LogP contribution in [0, 0.1) is 0 Å². The van der Waals surface area contributed by atoms with Crippen LogP contribution in [0.2, 0.25) is 0 Å². The van der Waals surface area contributed by atoms with E-state index in [2.05, 4.69) is 11.9 Å². The summed E-state index contributed by atoms with van der Waals surface area (Å²) in [5.74, 6) is -0.596. The van der Waals surface area contributed by atoms with Crippen molar-refractivity contribution in [1.82, 2.24) is 10.4 Å². The maximum Gasteiger partial charge on any atom is 0.329 e. The zero-order chi connectivity index (χ0) is 22.9. The van der Waals surface area contributed by atoms with Gasteiger partial charge in [-0.15, -0.1) is 11.6 Å². The molecule has 0 heterocycles. The van der Waals surface area contributed by atoms with Crippen LogP contribution < -0.4 is 5.32 Å². The van der Waals surface area contributed by atoms with Crippen molar-refractivity contribution in [2.75, 3.05) is 0 Å². The van der Waals surface area contributed by atoms with E-state index in [4.69, 9.17) is 4.84 Å². The van der Waals surface area contributed by atoms with Gasteiger partial charge in [-0.25, -0.2) is 4.79 Å². The van der Waals surface area contributed by atoms with Gasteiger partial charge >= 0.3 is 5.97 Å². The van der Waals surface area contributed by atoms with E-state index in [0.29, 0.717) is 19.4 Å². The third-order valence-corrected chi connectivity index (χ3v) is 4.94. The number of amides is 1. The molecule has 0 radical (unpaired) electrons. The summed E-state index contributed by atoms with van der Waals surface area (Å²) in [6.07, 6.45) is 2.97. The van der Waals surface area contributed by atoms with E-state index >= 15 is 0 Å². The highest BCUT2D eigenvalue weighted by atomic mass is 16.7. The lowest BCUT2D eigenvalue weighted by molar-refractivity contribution is -0.224. The second-order valence-electron chi connectivity index (χ2n) is 8.95. The molecule has 0 aliphatic carbocycles. The van der Waals surface area contributed by atoms with Crippen molar-refractivity contribution in [2.45, 2.75) is 64.6 Å². The van der Waals surface area contributed by atoms with Crippen LogP contribution in [0.1, 0.15) is 51.7 Å². The summed E-state index contributed by atoms with van der Waals surface area (Å²) in [6.45, 7) is 11.7. The number of nitrogens with zero attached hydrogens (tertiary/aromatic N) is 1. The normalized spacial score (nSPS) is 13.3. The molecule has 2 aromatic rings. The van der Waals surface area contributed by atoms with E-state index < -0.39 is 17.0 Å². The highest BCUT2D eigenvalue weighted by Gasteiger charge is 2.43. The van der Waals surface area contributed by atoms with Crippen molar-refractivity contribution in [3.63, 3.8) is 0 Å². The molecular formula is C26H34N2O3. The van der Waals surface area contributed by atoms with Crippen LogP contribution in [0.15, 0.2) is 73.3 Å². The molecular weight excluding hydrogens is 388 g/mol. The average Bonchev–Trinajstić information content (AvgIpc) is 2.71. The molecule has 1 N–H and O–H groups in total. The predicted molar refractivity (Wildman–Crippen MR) is 124 cm³/mol. The second kappa shape index (κ2) is 10.9. The lowest BCUT2D eigenvalue weighted by Crippen LogP contribution is -2.60. The summed E-state index contributed by atoms with van der Waals surface area (Å²) < 4.78 is 0. The first-order valence-corrected chi connectivity index (χ1v) is 10.6. The van der Waals surface area contributed by atoms with Crippen molar-refractivity contribution in [1.29, 1.82) is 0 Å². The van der Waals surface area contributed by atoms with Gasteiger partial charge < -0.3 is 10.2 Å². The molecule has 0 bridgehead atoms. The van der Waals surface area contributed by atoms with E-state index in [0.717, 1.165) is 11.1 Å². The minimum atomic E-state index is -1.07. The lowest BCUT2D eigenvalue weighted by Gasteiger charge is -2.40. The number of carbonyl (C=O) groups excluding carboxylic acids is 2. The number of hydrogen-bond acceptors (Lipinski definition) is 4. The molecule has 1 amide bonds. The summed E-state index contributed by atoms with van der Waals surface area (Å²) >= 11 is 0. The molecule has 0 saturated heterocycles. The Morgan fingerprint density at radius 1 is 0.968 bits per heavy atom. The Balaban J connectivity index is 2.34. The van der Waals surface area contributed by atoms with Gasteiger partial charge in [0.15, 0.2) is 0 Å². The quantitative estimate of drug-likeness (QED) is 0.440.